The van der Waals surface area contributed by atoms with Crippen LogP contribution in [0.2, 0.25) is 0 Å². The largest absolute Gasteiger partial charge is 0.478 e. The number of carboxylic acids is 1. The molecule has 5 rings (SSSR count). The first-order chi connectivity index (χ1) is 15.6. The number of hydrogen-bond donors (Lipinski definition) is 1. The van der Waals surface area contributed by atoms with Gasteiger partial charge in [0.05, 0.1) is 5.56 Å². The van der Waals surface area contributed by atoms with Crippen LogP contribution in [-0.2, 0) is 4.74 Å². The Hall–Kier alpha value is -3.94. The van der Waals surface area contributed by atoms with E-state index in [2.05, 4.69) is 34.2 Å². The van der Waals surface area contributed by atoms with E-state index >= 15 is 0 Å². The summed E-state index contributed by atoms with van der Waals surface area (Å²) in [4.78, 5) is 35.5. The summed E-state index contributed by atoms with van der Waals surface area (Å²) < 4.78 is 5.73. The van der Waals surface area contributed by atoms with E-state index in [0.717, 1.165) is 0 Å². The summed E-state index contributed by atoms with van der Waals surface area (Å²) in [5.74, 6) is -0.562. The van der Waals surface area contributed by atoms with Gasteiger partial charge in [0.25, 0.3) is 0 Å². The number of anilines is 1. The Kier molecular flexibility index (Phi) is 5.18. The van der Waals surface area contributed by atoms with Crippen LogP contribution in [0.15, 0.2) is 60.9 Å². The normalized spacial score (nSPS) is 15.2. The summed E-state index contributed by atoms with van der Waals surface area (Å²) in [6.45, 7) is 2.38. The lowest BCUT2D eigenvalue weighted by molar-refractivity contribution is 0.0695. The molecule has 1 saturated heterocycles. The van der Waals surface area contributed by atoms with Crippen LogP contribution < -0.4 is 4.90 Å². The van der Waals surface area contributed by atoms with Gasteiger partial charge in [-0.2, -0.15) is 0 Å². The van der Waals surface area contributed by atoms with Gasteiger partial charge < -0.3 is 19.6 Å². The van der Waals surface area contributed by atoms with Crippen LogP contribution in [0.1, 0.15) is 27.4 Å². The molecule has 8 nitrogen and oxygen atoms in total. The van der Waals surface area contributed by atoms with Crippen LogP contribution >= 0.6 is 0 Å². The predicted molar refractivity (Wildman–Crippen MR) is 118 cm³/mol. The Morgan fingerprint density at radius 3 is 2.03 bits per heavy atom. The van der Waals surface area contributed by atoms with Crippen molar-refractivity contribution in [3.8, 4) is 11.1 Å². The Bertz CT molecular complexity index is 1110. The molecule has 3 aromatic rings. The number of carbonyl (C=O) groups is 2. The van der Waals surface area contributed by atoms with Gasteiger partial charge in [-0.25, -0.2) is 19.6 Å². The number of amides is 1. The van der Waals surface area contributed by atoms with Crippen LogP contribution in [0.4, 0.5) is 10.7 Å². The molecule has 1 aliphatic carbocycles. The van der Waals surface area contributed by atoms with Crippen molar-refractivity contribution in [2.75, 3.05) is 37.7 Å². The molecule has 2 aliphatic rings. The minimum Gasteiger partial charge on any atom is -0.478 e. The van der Waals surface area contributed by atoms with Crippen molar-refractivity contribution >= 4 is 18.0 Å². The van der Waals surface area contributed by atoms with Crippen LogP contribution in [0.5, 0.6) is 0 Å². The number of benzene rings is 2. The van der Waals surface area contributed by atoms with Gasteiger partial charge in [0.1, 0.15) is 6.61 Å². The fourth-order valence-electron chi connectivity index (χ4n) is 4.37. The van der Waals surface area contributed by atoms with Gasteiger partial charge in [-0.05, 0) is 22.3 Å². The van der Waals surface area contributed by atoms with Crippen molar-refractivity contribution in [1.29, 1.82) is 0 Å². The third kappa shape index (κ3) is 3.64. The first-order valence-corrected chi connectivity index (χ1v) is 10.5. The first kappa shape index (κ1) is 20.0. The van der Waals surface area contributed by atoms with Crippen LogP contribution in [-0.4, -0.2) is 64.8 Å². The standard InChI is InChI=1S/C24H22N4O4/c29-22(30)16-13-25-23(26-14-16)27-9-11-28(12-10-27)24(31)32-15-21-19-7-3-1-5-17(19)18-6-2-4-8-20(18)21/h1-8,13-14,21H,9-12,15H2,(H,29,30). The lowest BCUT2D eigenvalue weighted by atomic mass is 9.98. The van der Waals surface area contributed by atoms with E-state index in [-0.39, 0.29) is 17.6 Å². The average Bonchev–Trinajstić information content (AvgIpc) is 3.16. The molecule has 32 heavy (non-hydrogen) atoms. The zero-order valence-corrected chi connectivity index (χ0v) is 17.3. The highest BCUT2D eigenvalue weighted by molar-refractivity contribution is 5.86. The van der Waals surface area contributed by atoms with Gasteiger partial charge in [-0.15, -0.1) is 0 Å². The number of carboxylic acid groups (broad SMARTS) is 1. The van der Waals surface area contributed by atoms with Crippen molar-refractivity contribution in [3.05, 3.63) is 77.6 Å². The van der Waals surface area contributed by atoms with E-state index in [1.165, 1.54) is 34.6 Å². The summed E-state index contributed by atoms with van der Waals surface area (Å²) in [5, 5.41) is 8.97. The van der Waals surface area contributed by atoms with Gasteiger partial charge in [-0.1, -0.05) is 48.5 Å². The van der Waals surface area contributed by atoms with Gasteiger partial charge in [-0.3, -0.25) is 0 Å². The molecule has 8 heteroatoms. The third-order valence-corrected chi connectivity index (χ3v) is 6.04. The van der Waals surface area contributed by atoms with Gasteiger partial charge in [0, 0.05) is 44.5 Å². The molecule has 2 aromatic carbocycles. The number of nitrogens with zero attached hydrogens (tertiary/aromatic N) is 4. The van der Waals surface area contributed by atoms with E-state index in [1.54, 1.807) is 4.90 Å². The maximum absolute atomic E-state index is 12.7. The molecule has 162 valence electrons. The predicted octanol–water partition coefficient (Wildman–Crippen LogP) is 3.25. The smallest absolute Gasteiger partial charge is 0.409 e. The lowest BCUT2D eigenvalue weighted by Gasteiger charge is -2.34. The van der Waals surface area contributed by atoms with Crippen molar-refractivity contribution in [3.63, 3.8) is 0 Å². The summed E-state index contributed by atoms with van der Waals surface area (Å²) in [7, 11) is 0. The van der Waals surface area contributed by atoms with E-state index in [4.69, 9.17) is 9.84 Å². The number of ether oxygens (including phenoxy) is 1. The zero-order valence-electron chi connectivity index (χ0n) is 17.3. The molecule has 1 amide bonds. The molecule has 2 heterocycles. The van der Waals surface area contributed by atoms with Gasteiger partial charge in [0.2, 0.25) is 5.95 Å². The summed E-state index contributed by atoms with van der Waals surface area (Å²) >= 11 is 0. The van der Waals surface area contributed by atoms with Crippen LogP contribution in [0, 0.1) is 0 Å². The first-order valence-electron chi connectivity index (χ1n) is 10.5. The zero-order chi connectivity index (χ0) is 22.1. The average molecular weight is 430 g/mol. The minimum absolute atomic E-state index is 0.0359. The number of rotatable bonds is 4. The Labute approximate surface area is 185 Å². The molecule has 0 saturated carbocycles. The molecule has 1 N–H and O–H groups in total. The summed E-state index contributed by atoms with van der Waals surface area (Å²) in [6, 6.07) is 16.5. The van der Waals surface area contributed by atoms with Crippen molar-refractivity contribution in [1.82, 2.24) is 14.9 Å². The second-order valence-corrected chi connectivity index (χ2v) is 7.85. The molecule has 0 spiro atoms. The van der Waals surface area contributed by atoms with Gasteiger partial charge >= 0.3 is 12.1 Å². The SMILES string of the molecule is O=C(O)c1cnc(N2CCN(C(=O)OCC3c4ccccc4-c4ccccc43)CC2)nc1. The lowest BCUT2D eigenvalue weighted by Crippen LogP contribution is -2.49. The molecular formula is C24H22N4O4. The Morgan fingerprint density at radius 2 is 1.47 bits per heavy atom. The molecule has 1 fully saturated rings. The molecular weight excluding hydrogens is 408 g/mol. The van der Waals surface area contributed by atoms with E-state index < -0.39 is 5.97 Å². The third-order valence-electron chi connectivity index (χ3n) is 6.04. The Morgan fingerprint density at radius 1 is 0.906 bits per heavy atom. The number of aromatic nitrogens is 2. The number of aromatic carboxylic acids is 1. The Balaban J connectivity index is 1.20. The minimum atomic E-state index is -1.06. The fraction of sp³-hybridized carbons (Fsp3) is 0.250. The highest BCUT2D eigenvalue weighted by Crippen LogP contribution is 2.44. The molecule has 1 aliphatic heterocycles. The van der Waals surface area contributed by atoms with Crippen LogP contribution in [0.3, 0.4) is 0 Å². The molecule has 0 bridgehead atoms. The quantitative estimate of drug-likeness (QED) is 0.679. The second-order valence-electron chi connectivity index (χ2n) is 7.85. The molecule has 0 unspecified atom stereocenters. The van der Waals surface area contributed by atoms with Crippen molar-refractivity contribution < 1.29 is 19.4 Å². The summed E-state index contributed by atoms with van der Waals surface area (Å²) in [5.41, 5.74) is 4.82. The van der Waals surface area contributed by atoms with Crippen LogP contribution in [0.25, 0.3) is 11.1 Å². The highest BCUT2D eigenvalue weighted by atomic mass is 16.6. The highest BCUT2D eigenvalue weighted by Gasteiger charge is 2.30. The number of fused-ring (bicyclic) bond motifs is 3. The van der Waals surface area contributed by atoms with E-state index in [1.807, 2.05) is 29.2 Å². The number of carbonyl (C=O) groups excluding carboxylic acids is 1. The molecule has 1 aromatic heterocycles. The van der Waals surface area contributed by atoms with E-state index in [0.29, 0.717) is 38.7 Å². The maximum atomic E-state index is 12.7. The van der Waals surface area contributed by atoms with Crippen molar-refractivity contribution in [2.24, 2.45) is 0 Å². The second kappa shape index (κ2) is 8.30. The molecule has 0 radical (unpaired) electrons. The summed E-state index contributed by atoms with van der Waals surface area (Å²) in [6.07, 6.45) is 2.26. The monoisotopic (exact) mass is 430 g/mol. The topological polar surface area (TPSA) is 95.9 Å². The molecule has 0 atom stereocenters. The van der Waals surface area contributed by atoms with Crippen molar-refractivity contribution in [2.45, 2.75) is 5.92 Å². The van der Waals surface area contributed by atoms with E-state index in [9.17, 15) is 9.59 Å². The fourth-order valence-corrected chi connectivity index (χ4v) is 4.37. The van der Waals surface area contributed by atoms with Gasteiger partial charge in [0.15, 0.2) is 0 Å². The number of hydrogen-bond acceptors (Lipinski definition) is 6. The maximum Gasteiger partial charge on any atom is 0.409 e. The number of piperazine rings is 1.